The van der Waals surface area contributed by atoms with E-state index in [2.05, 4.69) is 37.6 Å². The number of para-hydroxylation sites is 1. The van der Waals surface area contributed by atoms with Crippen LogP contribution < -0.4 is 20.3 Å². The highest BCUT2D eigenvalue weighted by atomic mass is 16.5. The van der Waals surface area contributed by atoms with Crippen LogP contribution in [0.1, 0.15) is 18.4 Å². The molecule has 2 heterocycles. The summed E-state index contributed by atoms with van der Waals surface area (Å²) < 4.78 is 5.67. The molecule has 1 aromatic heterocycles. The lowest BCUT2D eigenvalue weighted by Crippen LogP contribution is -2.38. The molecule has 26 heavy (non-hydrogen) atoms. The summed E-state index contributed by atoms with van der Waals surface area (Å²) >= 11 is 0. The smallest absolute Gasteiger partial charge is 0.191 e. The number of ether oxygens (including phenoxy) is 1. The number of pyridine rings is 1. The molecule has 6 nitrogen and oxygen atoms in total. The highest BCUT2D eigenvalue weighted by Gasteiger charge is 2.12. The number of rotatable bonds is 7. The third-order valence-electron chi connectivity index (χ3n) is 4.33. The van der Waals surface area contributed by atoms with Gasteiger partial charge in [-0.1, -0.05) is 24.3 Å². The number of hydrogen-bond acceptors (Lipinski definition) is 4. The van der Waals surface area contributed by atoms with Crippen LogP contribution >= 0.6 is 0 Å². The van der Waals surface area contributed by atoms with Crippen LogP contribution in [-0.2, 0) is 6.54 Å². The summed E-state index contributed by atoms with van der Waals surface area (Å²) in [7, 11) is 1.77. The lowest BCUT2D eigenvalue weighted by Gasteiger charge is -2.16. The molecule has 6 heteroatoms. The zero-order chi connectivity index (χ0) is 18.0. The van der Waals surface area contributed by atoms with Crippen LogP contribution in [-0.4, -0.2) is 44.2 Å². The summed E-state index contributed by atoms with van der Waals surface area (Å²) in [6, 6.07) is 14.0. The van der Waals surface area contributed by atoms with Gasteiger partial charge in [-0.25, -0.2) is 4.98 Å². The fourth-order valence-corrected chi connectivity index (χ4v) is 2.92. The first-order chi connectivity index (χ1) is 12.8. The standard InChI is InChI=1S/C20H27N5O/c1-21-20(22-11-14-26-18-7-3-2-4-8-18)24-16-17-9-10-19(23-15-17)25-12-5-6-13-25/h2-4,7-10,15H,5-6,11-14,16H2,1H3,(H2,21,22,24). The summed E-state index contributed by atoms with van der Waals surface area (Å²) in [6.45, 7) is 4.18. The molecule has 1 saturated heterocycles. The quantitative estimate of drug-likeness (QED) is 0.455. The van der Waals surface area contributed by atoms with Crippen LogP contribution in [0.2, 0.25) is 0 Å². The molecular formula is C20H27N5O. The number of nitrogens with one attached hydrogen (secondary N) is 2. The van der Waals surface area contributed by atoms with Crippen molar-refractivity contribution in [2.75, 3.05) is 38.2 Å². The predicted octanol–water partition coefficient (Wildman–Crippen LogP) is 2.43. The normalized spacial score (nSPS) is 14.3. The number of nitrogens with zero attached hydrogens (tertiary/aromatic N) is 3. The fourth-order valence-electron chi connectivity index (χ4n) is 2.92. The Morgan fingerprint density at radius 3 is 2.62 bits per heavy atom. The van der Waals surface area contributed by atoms with Gasteiger partial charge in [0.25, 0.3) is 0 Å². The molecule has 0 saturated carbocycles. The SMILES string of the molecule is CN=C(NCCOc1ccccc1)NCc1ccc(N2CCCC2)nc1. The van der Waals surface area contributed by atoms with Gasteiger partial charge in [-0.05, 0) is 36.6 Å². The number of aliphatic imine (C=N–C) groups is 1. The second-order valence-electron chi connectivity index (χ2n) is 6.23. The Morgan fingerprint density at radius 1 is 1.12 bits per heavy atom. The minimum Gasteiger partial charge on any atom is -0.492 e. The van der Waals surface area contributed by atoms with E-state index in [1.807, 2.05) is 36.5 Å². The molecule has 2 aromatic rings. The van der Waals surface area contributed by atoms with Gasteiger partial charge < -0.3 is 20.3 Å². The summed E-state index contributed by atoms with van der Waals surface area (Å²) in [5.74, 6) is 2.71. The van der Waals surface area contributed by atoms with E-state index in [0.717, 1.165) is 36.2 Å². The van der Waals surface area contributed by atoms with Crippen molar-refractivity contribution < 1.29 is 4.74 Å². The van der Waals surface area contributed by atoms with Gasteiger partial charge in [-0.2, -0.15) is 0 Å². The van der Waals surface area contributed by atoms with Gasteiger partial charge in [0.05, 0.1) is 6.54 Å². The highest BCUT2D eigenvalue weighted by molar-refractivity contribution is 5.79. The molecule has 1 aromatic carbocycles. The third kappa shape index (κ3) is 5.37. The van der Waals surface area contributed by atoms with Gasteiger partial charge in [0, 0.05) is 32.9 Å². The van der Waals surface area contributed by atoms with Gasteiger partial charge in [-0.15, -0.1) is 0 Å². The second-order valence-corrected chi connectivity index (χ2v) is 6.23. The average molecular weight is 353 g/mol. The zero-order valence-electron chi connectivity index (χ0n) is 15.3. The molecule has 138 valence electrons. The molecule has 1 fully saturated rings. The minimum absolute atomic E-state index is 0.580. The van der Waals surface area contributed by atoms with Gasteiger partial charge in [-0.3, -0.25) is 4.99 Å². The van der Waals surface area contributed by atoms with E-state index < -0.39 is 0 Å². The van der Waals surface area contributed by atoms with E-state index in [4.69, 9.17) is 4.74 Å². The summed E-state index contributed by atoms with van der Waals surface area (Å²) in [4.78, 5) is 11.2. The van der Waals surface area contributed by atoms with E-state index in [1.54, 1.807) is 7.05 Å². The molecule has 3 rings (SSSR count). The average Bonchev–Trinajstić information content (AvgIpc) is 3.23. The van der Waals surface area contributed by atoms with E-state index in [0.29, 0.717) is 19.7 Å². The molecule has 1 aliphatic heterocycles. The Kier molecular flexibility index (Phi) is 6.70. The lowest BCUT2D eigenvalue weighted by atomic mass is 10.3. The Hall–Kier alpha value is -2.76. The first-order valence-corrected chi connectivity index (χ1v) is 9.17. The Morgan fingerprint density at radius 2 is 1.92 bits per heavy atom. The van der Waals surface area contributed by atoms with Crippen molar-refractivity contribution in [3.63, 3.8) is 0 Å². The molecule has 0 aliphatic carbocycles. The number of benzene rings is 1. The maximum atomic E-state index is 5.67. The van der Waals surface area contributed by atoms with Gasteiger partial charge in [0.1, 0.15) is 18.2 Å². The van der Waals surface area contributed by atoms with Crippen molar-refractivity contribution in [2.24, 2.45) is 4.99 Å². The number of anilines is 1. The first kappa shape index (κ1) is 18.0. The molecule has 0 radical (unpaired) electrons. The molecule has 2 N–H and O–H groups in total. The fraction of sp³-hybridized carbons (Fsp3) is 0.400. The number of aromatic nitrogens is 1. The number of hydrogen-bond donors (Lipinski definition) is 2. The van der Waals surface area contributed by atoms with Gasteiger partial charge >= 0.3 is 0 Å². The third-order valence-corrected chi connectivity index (χ3v) is 4.33. The van der Waals surface area contributed by atoms with Crippen LogP contribution in [0, 0.1) is 0 Å². The molecule has 0 bridgehead atoms. The molecule has 1 aliphatic rings. The topological polar surface area (TPSA) is 61.8 Å². The summed E-state index contributed by atoms with van der Waals surface area (Å²) in [5.41, 5.74) is 1.14. The van der Waals surface area contributed by atoms with Crippen molar-refractivity contribution in [1.29, 1.82) is 0 Å². The van der Waals surface area contributed by atoms with Crippen molar-refractivity contribution in [3.8, 4) is 5.75 Å². The zero-order valence-corrected chi connectivity index (χ0v) is 15.3. The Bertz CT molecular complexity index is 681. The monoisotopic (exact) mass is 353 g/mol. The Balaban J connectivity index is 1.38. The van der Waals surface area contributed by atoms with Crippen molar-refractivity contribution in [2.45, 2.75) is 19.4 Å². The molecule has 0 atom stereocenters. The van der Waals surface area contributed by atoms with E-state index in [9.17, 15) is 0 Å². The van der Waals surface area contributed by atoms with Crippen LogP contribution in [0.5, 0.6) is 5.75 Å². The molecule has 0 unspecified atom stereocenters. The van der Waals surface area contributed by atoms with Crippen molar-refractivity contribution >= 4 is 11.8 Å². The van der Waals surface area contributed by atoms with E-state index >= 15 is 0 Å². The molecular weight excluding hydrogens is 326 g/mol. The predicted molar refractivity (Wildman–Crippen MR) is 106 cm³/mol. The second kappa shape index (κ2) is 9.65. The van der Waals surface area contributed by atoms with Crippen LogP contribution in [0.15, 0.2) is 53.7 Å². The van der Waals surface area contributed by atoms with E-state index in [1.165, 1.54) is 12.8 Å². The highest BCUT2D eigenvalue weighted by Crippen LogP contribution is 2.17. The molecule has 0 amide bonds. The number of guanidine groups is 1. The first-order valence-electron chi connectivity index (χ1n) is 9.17. The van der Waals surface area contributed by atoms with Crippen LogP contribution in [0.4, 0.5) is 5.82 Å². The Labute approximate surface area is 155 Å². The van der Waals surface area contributed by atoms with Crippen LogP contribution in [0.3, 0.4) is 0 Å². The maximum absolute atomic E-state index is 5.67. The molecule has 0 spiro atoms. The van der Waals surface area contributed by atoms with Crippen molar-refractivity contribution in [3.05, 3.63) is 54.2 Å². The van der Waals surface area contributed by atoms with Crippen molar-refractivity contribution in [1.82, 2.24) is 15.6 Å². The van der Waals surface area contributed by atoms with Gasteiger partial charge in [0.2, 0.25) is 0 Å². The largest absolute Gasteiger partial charge is 0.492 e. The maximum Gasteiger partial charge on any atom is 0.191 e. The van der Waals surface area contributed by atoms with Crippen LogP contribution in [0.25, 0.3) is 0 Å². The van der Waals surface area contributed by atoms with Gasteiger partial charge in [0.15, 0.2) is 5.96 Å². The minimum atomic E-state index is 0.580. The summed E-state index contributed by atoms with van der Waals surface area (Å²) in [5, 5.41) is 6.55. The lowest BCUT2D eigenvalue weighted by molar-refractivity contribution is 0.322. The van der Waals surface area contributed by atoms with E-state index in [-0.39, 0.29) is 0 Å². The summed E-state index contributed by atoms with van der Waals surface area (Å²) in [6.07, 6.45) is 4.47.